The van der Waals surface area contributed by atoms with E-state index >= 15 is 0 Å². The van der Waals surface area contributed by atoms with Gasteiger partial charge in [-0.05, 0) is 37.6 Å². The molecule has 21 heavy (non-hydrogen) atoms. The van der Waals surface area contributed by atoms with E-state index in [2.05, 4.69) is 30.5 Å². The standard InChI is InChI=1S/C17H18ClN3/c1-11(2)21-16-9-14(18)7-8-15(16)20-17(21)13-5-3-12(10-19)4-6-13/h3-9,11H,10,19H2,1-2H3. The predicted molar refractivity (Wildman–Crippen MR) is 88.5 cm³/mol. The maximum Gasteiger partial charge on any atom is 0.141 e. The molecule has 0 fully saturated rings. The number of aromatic nitrogens is 2. The van der Waals surface area contributed by atoms with Crippen LogP contribution >= 0.6 is 11.6 Å². The quantitative estimate of drug-likeness (QED) is 0.779. The van der Waals surface area contributed by atoms with Gasteiger partial charge in [-0.15, -0.1) is 0 Å². The van der Waals surface area contributed by atoms with Crippen molar-refractivity contribution in [2.75, 3.05) is 0 Å². The molecule has 0 spiro atoms. The third-order valence-electron chi connectivity index (χ3n) is 3.62. The van der Waals surface area contributed by atoms with Crippen molar-refractivity contribution in [1.82, 2.24) is 9.55 Å². The molecule has 4 heteroatoms. The summed E-state index contributed by atoms with van der Waals surface area (Å²) in [5.74, 6) is 0.964. The fraction of sp³-hybridized carbons (Fsp3) is 0.235. The van der Waals surface area contributed by atoms with Gasteiger partial charge in [-0.25, -0.2) is 4.98 Å². The molecule has 0 saturated heterocycles. The van der Waals surface area contributed by atoms with Gasteiger partial charge in [0.2, 0.25) is 0 Å². The molecule has 2 aromatic carbocycles. The molecule has 0 aliphatic carbocycles. The van der Waals surface area contributed by atoms with Crippen molar-refractivity contribution in [3.05, 3.63) is 53.1 Å². The van der Waals surface area contributed by atoms with Crippen LogP contribution in [0.25, 0.3) is 22.4 Å². The van der Waals surface area contributed by atoms with Gasteiger partial charge in [0.1, 0.15) is 5.82 Å². The van der Waals surface area contributed by atoms with E-state index in [1.54, 1.807) is 0 Å². The summed E-state index contributed by atoms with van der Waals surface area (Å²) in [5.41, 5.74) is 9.90. The van der Waals surface area contributed by atoms with Gasteiger partial charge < -0.3 is 10.3 Å². The number of halogens is 1. The van der Waals surface area contributed by atoms with Crippen LogP contribution in [0.3, 0.4) is 0 Å². The summed E-state index contributed by atoms with van der Waals surface area (Å²) in [7, 11) is 0. The van der Waals surface area contributed by atoms with Crippen LogP contribution in [0.15, 0.2) is 42.5 Å². The van der Waals surface area contributed by atoms with Gasteiger partial charge in [0.15, 0.2) is 0 Å². The molecule has 2 N–H and O–H groups in total. The molecule has 1 aromatic heterocycles. The summed E-state index contributed by atoms with van der Waals surface area (Å²) in [4.78, 5) is 4.77. The molecule has 0 amide bonds. The maximum atomic E-state index is 6.14. The van der Waals surface area contributed by atoms with Crippen LogP contribution in [-0.2, 0) is 6.54 Å². The minimum absolute atomic E-state index is 0.303. The lowest BCUT2D eigenvalue weighted by molar-refractivity contribution is 0.624. The summed E-state index contributed by atoms with van der Waals surface area (Å²) < 4.78 is 2.22. The lowest BCUT2D eigenvalue weighted by Crippen LogP contribution is -2.03. The number of rotatable bonds is 3. The number of imidazole rings is 1. The molecule has 0 radical (unpaired) electrons. The average molecular weight is 300 g/mol. The summed E-state index contributed by atoms with van der Waals surface area (Å²) in [6.07, 6.45) is 0. The summed E-state index contributed by atoms with van der Waals surface area (Å²) in [6.45, 7) is 4.86. The first-order valence-corrected chi connectivity index (χ1v) is 7.45. The minimum atomic E-state index is 0.303. The Morgan fingerprint density at radius 3 is 2.48 bits per heavy atom. The van der Waals surface area contributed by atoms with Crippen LogP contribution in [0, 0.1) is 0 Å². The maximum absolute atomic E-state index is 6.14. The number of fused-ring (bicyclic) bond motifs is 1. The summed E-state index contributed by atoms with van der Waals surface area (Å²) >= 11 is 6.14. The molecule has 3 aromatic rings. The van der Waals surface area contributed by atoms with Crippen LogP contribution in [0.1, 0.15) is 25.5 Å². The molecular formula is C17H18ClN3. The third-order valence-corrected chi connectivity index (χ3v) is 3.85. The van der Waals surface area contributed by atoms with Gasteiger partial charge in [0.25, 0.3) is 0 Å². The zero-order chi connectivity index (χ0) is 15.0. The van der Waals surface area contributed by atoms with Crippen LogP contribution in [0.5, 0.6) is 0 Å². The van der Waals surface area contributed by atoms with Gasteiger partial charge in [0.05, 0.1) is 11.0 Å². The van der Waals surface area contributed by atoms with Crippen LogP contribution in [0.2, 0.25) is 5.02 Å². The smallest absolute Gasteiger partial charge is 0.141 e. The fourth-order valence-corrected chi connectivity index (χ4v) is 2.75. The highest BCUT2D eigenvalue weighted by molar-refractivity contribution is 6.31. The second kappa shape index (κ2) is 5.51. The third kappa shape index (κ3) is 2.55. The molecule has 0 atom stereocenters. The number of hydrogen-bond donors (Lipinski definition) is 1. The molecule has 0 aliphatic rings. The molecular weight excluding hydrogens is 282 g/mol. The highest BCUT2D eigenvalue weighted by atomic mass is 35.5. The first-order chi connectivity index (χ1) is 10.1. The van der Waals surface area contributed by atoms with E-state index in [0.29, 0.717) is 12.6 Å². The number of benzene rings is 2. The molecule has 0 unspecified atom stereocenters. The van der Waals surface area contributed by atoms with E-state index in [-0.39, 0.29) is 0 Å². The second-order valence-corrected chi connectivity index (χ2v) is 5.87. The highest BCUT2D eigenvalue weighted by Gasteiger charge is 2.15. The predicted octanol–water partition coefficient (Wildman–Crippen LogP) is 4.40. The van der Waals surface area contributed by atoms with E-state index in [0.717, 1.165) is 33.0 Å². The van der Waals surface area contributed by atoms with Gasteiger partial charge >= 0.3 is 0 Å². The van der Waals surface area contributed by atoms with E-state index < -0.39 is 0 Å². The second-order valence-electron chi connectivity index (χ2n) is 5.43. The molecule has 0 bridgehead atoms. The van der Waals surface area contributed by atoms with Crippen molar-refractivity contribution < 1.29 is 0 Å². The fourth-order valence-electron chi connectivity index (χ4n) is 2.58. The lowest BCUT2D eigenvalue weighted by atomic mass is 10.1. The van der Waals surface area contributed by atoms with Crippen molar-refractivity contribution in [2.45, 2.75) is 26.4 Å². The van der Waals surface area contributed by atoms with Gasteiger partial charge in [-0.1, -0.05) is 35.9 Å². The van der Waals surface area contributed by atoms with Crippen LogP contribution < -0.4 is 5.73 Å². The van der Waals surface area contributed by atoms with Crippen molar-refractivity contribution in [2.24, 2.45) is 5.73 Å². The SMILES string of the molecule is CC(C)n1c(-c2ccc(CN)cc2)nc2ccc(Cl)cc21. The summed E-state index contributed by atoms with van der Waals surface area (Å²) in [6, 6.07) is 14.4. The van der Waals surface area contributed by atoms with Gasteiger partial charge in [-0.3, -0.25) is 0 Å². The van der Waals surface area contributed by atoms with Gasteiger partial charge in [0, 0.05) is 23.2 Å². The van der Waals surface area contributed by atoms with Crippen molar-refractivity contribution >= 4 is 22.6 Å². The molecule has 108 valence electrons. The average Bonchev–Trinajstić information content (AvgIpc) is 2.86. The molecule has 1 heterocycles. The van der Waals surface area contributed by atoms with Crippen molar-refractivity contribution in [1.29, 1.82) is 0 Å². The van der Waals surface area contributed by atoms with Crippen molar-refractivity contribution in [3.63, 3.8) is 0 Å². The number of hydrogen-bond acceptors (Lipinski definition) is 2. The molecule has 3 rings (SSSR count). The first kappa shape index (κ1) is 14.1. The topological polar surface area (TPSA) is 43.8 Å². The Morgan fingerprint density at radius 2 is 1.86 bits per heavy atom. The summed E-state index contributed by atoms with van der Waals surface area (Å²) in [5, 5.41) is 0.731. The Labute approximate surface area is 129 Å². The Bertz CT molecular complexity index is 773. The van der Waals surface area contributed by atoms with Crippen LogP contribution in [0.4, 0.5) is 0 Å². The van der Waals surface area contributed by atoms with E-state index in [4.69, 9.17) is 22.3 Å². The van der Waals surface area contributed by atoms with Crippen LogP contribution in [-0.4, -0.2) is 9.55 Å². The zero-order valence-electron chi connectivity index (χ0n) is 12.2. The van der Waals surface area contributed by atoms with Gasteiger partial charge in [-0.2, -0.15) is 0 Å². The normalized spacial score (nSPS) is 11.5. The number of nitrogens with two attached hydrogens (primary N) is 1. The van der Waals surface area contributed by atoms with E-state index in [1.807, 2.05) is 30.3 Å². The number of nitrogens with zero attached hydrogens (tertiary/aromatic N) is 2. The Hall–Kier alpha value is -1.84. The lowest BCUT2D eigenvalue weighted by Gasteiger charge is -2.13. The highest BCUT2D eigenvalue weighted by Crippen LogP contribution is 2.30. The minimum Gasteiger partial charge on any atom is -0.326 e. The van der Waals surface area contributed by atoms with E-state index in [9.17, 15) is 0 Å². The zero-order valence-corrected chi connectivity index (χ0v) is 12.9. The van der Waals surface area contributed by atoms with Crippen molar-refractivity contribution in [3.8, 4) is 11.4 Å². The Kier molecular flexibility index (Phi) is 3.70. The van der Waals surface area contributed by atoms with E-state index in [1.165, 1.54) is 0 Å². The molecule has 0 saturated carbocycles. The largest absolute Gasteiger partial charge is 0.326 e. The monoisotopic (exact) mass is 299 g/mol. The first-order valence-electron chi connectivity index (χ1n) is 7.07. The molecule has 0 aliphatic heterocycles. The Morgan fingerprint density at radius 1 is 1.14 bits per heavy atom. The molecule has 3 nitrogen and oxygen atoms in total. The Balaban J connectivity index is 2.23.